The first-order valence-electron chi connectivity index (χ1n) is 12.3. The van der Waals surface area contributed by atoms with Crippen LogP contribution in [-0.4, -0.2) is 50.9 Å². The molecule has 0 spiro atoms. The van der Waals surface area contributed by atoms with Gasteiger partial charge in [0.2, 0.25) is 5.95 Å². The molecule has 0 atom stereocenters. The second kappa shape index (κ2) is 11.1. The van der Waals surface area contributed by atoms with Crippen molar-refractivity contribution in [3.8, 4) is 11.5 Å². The molecule has 0 saturated heterocycles. The number of aryl methyl sites for hydroxylation is 1. The molecule has 0 unspecified atom stereocenters. The van der Waals surface area contributed by atoms with E-state index in [1.807, 2.05) is 18.2 Å². The van der Waals surface area contributed by atoms with Gasteiger partial charge in [-0.1, -0.05) is 0 Å². The van der Waals surface area contributed by atoms with Crippen molar-refractivity contribution in [2.75, 3.05) is 45.1 Å². The summed E-state index contributed by atoms with van der Waals surface area (Å²) in [5.74, 6) is 4.36. The molecule has 0 aliphatic heterocycles. The van der Waals surface area contributed by atoms with Crippen LogP contribution in [-0.2, 0) is 19.4 Å². The molecule has 2 N–H and O–H groups in total. The normalized spacial score (nSPS) is 20.1. The number of ether oxygens (including phenoxy) is 2. The van der Waals surface area contributed by atoms with E-state index in [1.54, 1.807) is 14.2 Å². The fraction of sp³-hybridized carbons (Fsp3) is 0.615. The van der Waals surface area contributed by atoms with Crippen LogP contribution in [0.1, 0.15) is 55.3 Å². The molecule has 2 aliphatic carbocycles. The Kier molecular flexibility index (Phi) is 7.91. The molecule has 1 saturated carbocycles. The molecule has 7 nitrogen and oxygen atoms in total. The van der Waals surface area contributed by atoms with Crippen LogP contribution >= 0.6 is 0 Å². The zero-order valence-corrected chi connectivity index (χ0v) is 20.6. The Morgan fingerprint density at radius 1 is 1.00 bits per heavy atom. The molecule has 1 heterocycles. The fourth-order valence-corrected chi connectivity index (χ4v) is 5.13. The SMILES string of the molecule is COc1ccc(OC)c(CNC[C@H]2CC[C@@H](Nc3nc4c(c(N(C)C)n3)CCCC4)CC2)c1. The third-order valence-electron chi connectivity index (χ3n) is 7.00. The largest absolute Gasteiger partial charge is 0.497 e. The Morgan fingerprint density at radius 3 is 2.52 bits per heavy atom. The third-order valence-corrected chi connectivity index (χ3v) is 7.00. The summed E-state index contributed by atoms with van der Waals surface area (Å²) in [5.41, 5.74) is 3.72. The van der Waals surface area contributed by atoms with Gasteiger partial charge in [0.25, 0.3) is 0 Å². The van der Waals surface area contributed by atoms with E-state index in [1.165, 1.54) is 36.9 Å². The highest BCUT2D eigenvalue weighted by atomic mass is 16.5. The lowest BCUT2D eigenvalue weighted by Gasteiger charge is -2.30. The first-order chi connectivity index (χ1) is 16.1. The van der Waals surface area contributed by atoms with Crippen LogP contribution in [0, 0.1) is 5.92 Å². The molecule has 33 heavy (non-hydrogen) atoms. The van der Waals surface area contributed by atoms with Crippen LogP contribution in [0.3, 0.4) is 0 Å². The minimum absolute atomic E-state index is 0.455. The van der Waals surface area contributed by atoms with Gasteiger partial charge in [0, 0.05) is 37.8 Å². The number of rotatable bonds is 9. The number of hydrogen-bond donors (Lipinski definition) is 2. The van der Waals surface area contributed by atoms with E-state index in [0.29, 0.717) is 12.0 Å². The van der Waals surface area contributed by atoms with Crippen molar-refractivity contribution in [1.29, 1.82) is 0 Å². The van der Waals surface area contributed by atoms with Crippen molar-refractivity contribution in [3.05, 3.63) is 35.0 Å². The molecule has 2 aliphatic rings. The van der Waals surface area contributed by atoms with E-state index >= 15 is 0 Å². The van der Waals surface area contributed by atoms with Crippen molar-refractivity contribution in [2.45, 2.75) is 64.0 Å². The predicted octanol–water partition coefficient (Wildman–Crippen LogP) is 4.20. The summed E-state index contributed by atoms with van der Waals surface area (Å²) < 4.78 is 10.9. The quantitative estimate of drug-likeness (QED) is 0.590. The fourth-order valence-electron chi connectivity index (χ4n) is 5.13. The molecule has 0 radical (unpaired) electrons. The maximum atomic E-state index is 5.50. The zero-order chi connectivity index (χ0) is 23.2. The summed E-state index contributed by atoms with van der Waals surface area (Å²) in [6.07, 6.45) is 9.39. The second-order valence-electron chi connectivity index (χ2n) is 9.57. The maximum Gasteiger partial charge on any atom is 0.225 e. The van der Waals surface area contributed by atoms with E-state index < -0.39 is 0 Å². The van der Waals surface area contributed by atoms with Crippen molar-refractivity contribution < 1.29 is 9.47 Å². The van der Waals surface area contributed by atoms with Crippen molar-refractivity contribution in [1.82, 2.24) is 15.3 Å². The van der Waals surface area contributed by atoms with Gasteiger partial charge in [-0.05, 0) is 82.0 Å². The van der Waals surface area contributed by atoms with Crippen LogP contribution in [0.25, 0.3) is 0 Å². The molecule has 1 aromatic carbocycles. The number of nitrogens with one attached hydrogen (secondary N) is 2. The molecule has 0 amide bonds. The van der Waals surface area contributed by atoms with Crippen molar-refractivity contribution >= 4 is 11.8 Å². The number of methoxy groups -OCH3 is 2. The van der Waals surface area contributed by atoms with E-state index in [9.17, 15) is 0 Å². The van der Waals surface area contributed by atoms with Gasteiger partial charge in [-0.2, -0.15) is 4.98 Å². The number of benzene rings is 1. The first-order valence-corrected chi connectivity index (χ1v) is 12.3. The van der Waals surface area contributed by atoms with Crippen LogP contribution in [0.4, 0.5) is 11.8 Å². The first kappa shape index (κ1) is 23.6. The number of nitrogens with zero attached hydrogens (tertiary/aromatic N) is 3. The highest BCUT2D eigenvalue weighted by molar-refractivity contribution is 5.53. The van der Waals surface area contributed by atoms with E-state index in [2.05, 4.69) is 29.6 Å². The predicted molar refractivity (Wildman–Crippen MR) is 134 cm³/mol. The van der Waals surface area contributed by atoms with Gasteiger partial charge in [0.1, 0.15) is 17.3 Å². The molecule has 1 aromatic heterocycles. The monoisotopic (exact) mass is 453 g/mol. The second-order valence-corrected chi connectivity index (χ2v) is 9.57. The number of anilines is 2. The molecule has 4 rings (SSSR count). The van der Waals surface area contributed by atoms with Gasteiger partial charge >= 0.3 is 0 Å². The maximum absolute atomic E-state index is 5.50. The van der Waals surface area contributed by atoms with Crippen molar-refractivity contribution in [3.63, 3.8) is 0 Å². The highest BCUT2D eigenvalue weighted by Gasteiger charge is 2.24. The average molecular weight is 454 g/mol. The van der Waals surface area contributed by atoms with Gasteiger partial charge in [-0.25, -0.2) is 4.98 Å². The lowest BCUT2D eigenvalue weighted by molar-refractivity contribution is 0.322. The highest BCUT2D eigenvalue weighted by Crippen LogP contribution is 2.30. The van der Waals surface area contributed by atoms with E-state index in [0.717, 1.165) is 67.6 Å². The van der Waals surface area contributed by atoms with Crippen molar-refractivity contribution in [2.24, 2.45) is 5.92 Å². The van der Waals surface area contributed by atoms with Crippen LogP contribution < -0.4 is 25.0 Å². The van der Waals surface area contributed by atoms with Crippen LogP contribution in [0.5, 0.6) is 11.5 Å². The lowest BCUT2D eigenvalue weighted by atomic mass is 9.86. The summed E-state index contributed by atoms with van der Waals surface area (Å²) in [7, 11) is 7.58. The Morgan fingerprint density at radius 2 is 1.79 bits per heavy atom. The Bertz CT molecular complexity index is 925. The zero-order valence-electron chi connectivity index (χ0n) is 20.6. The Hall–Kier alpha value is -2.54. The van der Waals surface area contributed by atoms with Gasteiger partial charge in [-0.3, -0.25) is 0 Å². The summed E-state index contributed by atoms with van der Waals surface area (Å²) in [4.78, 5) is 11.9. The van der Waals surface area contributed by atoms with Crippen LogP contribution in [0.15, 0.2) is 18.2 Å². The van der Waals surface area contributed by atoms with Gasteiger partial charge in [0.15, 0.2) is 0 Å². The Labute approximate surface area is 198 Å². The molecule has 7 heteroatoms. The molecule has 0 bridgehead atoms. The van der Waals surface area contributed by atoms with E-state index in [-0.39, 0.29) is 0 Å². The third kappa shape index (κ3) is 5.88. The molecular formula is C26H39N5O2. The van der Waals surface area contributed by atoms with Gasteiger partial charge < -0.3 is 25.0 Å². The van der Waals surface area contributed by atoms with Crippen LogP contribution in [0.2, 0.25) is 0 Å². The number of aromatic nitrogens is 2. The molecule has 180 valence electrons. The molecule has 2 aromatic rings. The Balaban J connectivity index is 1.27. The molecular weight excluding hydrogens is 414 g/mol. The summed E-state index contributed by atoms with van der Waals surface area (Å²) in [6, 6.07) is 6.41. The minimum Gasteiger partial charge on any atom is -0.497 e. The number of hydrogen-bond acceptors (Lipinski definition) is 7. The average Bonchev–Trinajstić information content (AvgIpc) is 2.84. The summed E-state index contributed by atoms with van der Waals surface area (Å²) >= 11 is 0. The minimum atomic E-state index is 0.455. The summed E-state index contributed by atoms with van der Waals surface area (Å²) in [5, 5.41) is 7.29. The number of fused-ring (bicyclic) bond motifs is 1. The summed E-state index contributed by atoms with van der Waals surface area (Å²) in [6.45, 7) is 1.81. The molecule has 1 fully saturated rings. The van der Waals surface area contributed by atoms with E-state index in [4.69, 9.17) is 19.4 Å². The standard InChI is InChI=1S/C26H39N5O2/c1-31(2)25-22-7-5-6-8-23(22)29-26(30-25)28-20-11-9-18(10-12-20)16-27-17-19-15-21(32-3)13-14-24(19)33-4/h13-15,18,20,27H,5-12,16-17H2,1-4H3,(H,28,29,30)/t18-,20+. The smallest absolute Gasteiger partial charge is 0.225 e. The lowest BCUT2D eigenvalue weighted by Crippen LogP contribution is -2.32. The topological polar surface area (TPSA) is 71.5 Å². The van der Waals surface area contributed by atoms with Gasteiger partial charge in [-0.15, -0.1) is 0 Å². The van der Waals surface area contributed by atoms with Gasteiger partial charge in [0.05, 0.1) is 19.9 Å².